The fourth-order valence-electron chi connectivity index (χ4n) is 5.26. The molecule has 0 spiro atoms. The highest BCUT2D eigenvalue weighted by atomic mass is 16.5. The highest BCUT2D eigenvalue weighted by molar-refractivity contribution is 5.87. The Hall–Kier alpha value is -2.36. The molecule has 1 N–H and O–H groups in total. The van der Waals surface area contributed by atoms with Crippen LogP contribution < -0.4 is 0 Å². The largest absolute Gasteiger partial charge is 0.463 e. The minimum Gasteiger partial charge on any atom is -0.463 e. The number of esters is 1. The number of nitrogens with zero attached hydrogens (tertiary/aromatic N) is 3. The van der Waals surface area contributed by atoms with Crippen molar-refractivity contribution < 1.29 is 14.6 Å². The lowest BCUT2D eigenvalue weighted by molar-refractivity contribution is -0.148. The molecule has 1 fully saturated rings. The van der Waals surface area contributed by atoms with E-state index in [0.717, 1.165) is 49.8 Å². The lowest BCUT2D eigenvalue weighted by Gasteiger charge is -2.26. The molecular weight excluding hydrogens is 378 g/mol. The number of benzene rings is 1. The van der Waals surface area contributed by atoms with E-state index in [1.165, 1.54) is 11.3 Å². The van der Waals surface area contributed by atoms with Crippen LogP contribution in [0.1, 0.15) is 50.4 Å². The smallest absolute Gasteiger partial charge is 0.306 e. The van der Waals surface area contributed by atoms with Crippen molar-refractivity contribution in [2.45, 2.75) is 71.2 Å². The second kappa shape index (κ2) is 8.41. The van der Waals surface area contributed by atoms with Crippen LogP contribution in [-0.4, -0.2) is 51.9 Å². The Labute approximate surface area is 178 Å². The standard InChI is InChI=1S/C24H31N3O3/c1-4-26-8-7-23(28)22(26)14-27-20-6-5-16(13-25)9-18(20)19-10-17(11-21(19)27)12-24(29)30-15(2)3/h5-6,9,15,17,22-23,28H,4,7-8,10-12,14H2,1-3H3/t17-,22+,23-/m0/s1. The number of aromatic nitrogens is 1. The summed E-state index contributed by atoms with van der Waals surface area (Å²) >= 11 is 0. The summed E-state index contributed by atoms with van der Waals surface area (Å²) in [5.41, 5.74) is 4.27. The van der Waals surface area contributed by atoms with Gasteiger partial charge < -0.3 is 14.4 Å². The number of hydrogen-bond acceptors (Lipinski definition) is 5. The van der Waals surface area contributed by atoms with Crippen LogP contribution in [-0.2, 0) is 28.9 Å². The number of fused-ring (bicyclic) bond motifs is 3. The molecule has 2 aliphatic rings. The Balaban J connectivity index is 1.67. The van der Waals surface area contributed by atoms with Gasteiger partial charge in [-0.3, -0.25) is 9.69 Å². The molecule has 160 valence electrons. The van der Waals surface area contributed by atoms with E-state index in [1.807, 2.05) is 32.0 Å². The SMILES string of the molecule is CCN1CC[C@H](O)[C@H]1Cn1c2c(c3cc(C#N)ccc31)C[C@H](CC(=O)OC(C)C)C2. The van der Waals surface area contributed by atoms with Crippen LogP contribution in [0, 0.1) is 17.2 Å². The molecule has 2 aromatic rings. The quantitative estimate of drug-likeness (QED) is 0.742. The number of carbonyl (C=O) groups excluding carboxylic acids is 1. The van der Waals surface area contributed by atoms with Gasteiger partial charge in [-0.1, -0.05) is 6.92 Å². The van der Waals surface area contributed by atoms with Crippen LogP contribution in [0.15, 0.2) is 18.2 Å². The predicted octanol–water partition coefficient (Wildman–Crippen LogP) is 3.02. The van der Waals surface area contributed by atoms with Crippen molar-refractivity contribution in [1.82, 2.24) is 9.47 Å². The average Bonchev–Trinajstić information content (AvgIpc) is 3.35. The molecule has 0 bridgehead atoms. The van der Waals surface area contributed by atoms with E-state index >= 15 is 0 Å². The molecule has 6 heteroatoms. The van der Waals surface area contributed by atoms with Crippen LogP contribution in [0.4, 0.5) is 0 Å². The molecular formula is C24H31N3O3. The van der Waals surface area contributed by atoms with E-state index < -0.39 is 0 Å². The Morgan fingerprint density at radius 3 is 2.87 bits per heavy atom. The van der Waals surface area contributed by atoms with E-state index in [1.54, 1.807) is 0 Å². The molecule has 2 heterocycles. The summed E-state index contributed by atoms with van der Waals surface area (Å²) < 4.78 is 7.70. The molecule has 30 heavy (non-hydrogen) atoms. The highest BCUT2D eigenvalue weighted by Gasteiger charge is 2.35. The molecule has 0 amide bonds. The van der Waals surface area contributed by atoms with E-state index in [9.17, 15) is 15.2 Å². The van der Waals surface area contributed by atoms with Crippen molar-refractivity contribution in [1.29, 1.82) is 5.26 Å². The Kier molecular flexibility index (Phi) is 5.86. The third kappa shape index (κ3) is 3.84. The van der Waals surface area contributed by atoms with Gasteiger partial charge in [0.25, 0.3) is 0 Å². The lowest BCUT2D eigenvalue weighted by Crippen LogP contribution is -2.38. The number of aliphatic hydroxyl groups excluding tert-OH is 1. The number of hydrogen-bond donors (Lipinski definition) is 1. The topological polar surface area (TPSA) is 78.5 Å². The monoisotopic (exact) mass is 409 g/mol. The van der Waals surface area contributed by atoms with Gasteiger partial charge in [-0.05, 0) is 69.3 Å². The average molecular weight is 410 g/mol. The normalized spacial score (nSPS) is 23.8. The summed E-state index contributed by atoms with van der Waals surface area (Å²) in [6.07, 6.45) is 2.45. The first-order valence-corrected chi connectivity index (χ1v) is 11.1. The third-order valence-corrected chi connectivity index (χ3v) is 6.61. The zero-order chi connectivity index (χ0) is 21.4. The fraction of sp³-hybridized carbons (Fsp3) is 0.583. The van der Waals surface area contributed by atoms with Crippen molar-refractivity contribution in [3.63, 3.8) is 0 Å². The molecule has 1 aromatic carbocycles. The van der Waals surface area contributed by atoms with Crippen molar-refractivity contribution in [3.8, 4) is 6.07 Å². The van der Waals surface area contributed by atoms with Crippen molar-refractivity contribution in [2.24, 2.45) is 5.92 Å². The van der Waals surface area contributed by atoms with E-state index in [-0.39, 0.29) is 30.1 Å². The number of aliphatic hydroxyl groups is 1. The van der Waals surface area contributed by atoms with Gasteiger partial charge in [0.05, 0.1) is 29.9 Å². The zero-order valence-electron chi connectivity index (χ0n) is 18.1. The van der Waals surface area contributed by atoms with Gasteiger partial charge in [-0.2, -0.15) is 5.26 Å². The second-order valence-electron chi connectivity index (χ2n) is 8.95. The van der Waals surface area contributed by atoms with Gasteiger partial charge in [-0.15, -0.1) is 0 Å². The maximum atomic E-state index is 12.2. The van der Waals surface area contributed by atoms with Crippen LogP contribution in [0.5, 0.6) is 0 Å². The van der Waals surface area contributed by atoms with Crippen LogP contribution >= 0.6 is 0 Å². The summed E-state index contributed by atoms with van der Waals surface area (Å²) in [6.45, 7) is 8.46. The molecule has 1 saturated heterocycles. The third-order valence-electron chi connectivity index (χ3n) is 6.61. The number of ether oxygens (including phenoxy) is 1. The van der Waals surface area contributed by atoms with Crippen molar-refractivity contribution in [2.75, 3.05) is 13.1 Å². The zero-order valence-corrected chi connectivity index (χ0v) is 18.1. The molecule has 4 rings (SSSR count). The minimum atomic E-state index is -0.324. The van der Waals surface area contributed by atoms with Crippen LogP contribution in [0.3, 0.4) is 0 Å². The molecule has 1 aromatic heterocycles. The van der Waals surface area contributed by atoms with Crippen LogP contribution in [0.25, 0.3) is 10.9 Å². The lowest BCUT2D eigenvalue weighted by atomic mass is 10.0. The van der Waals surface area contributed by atoms with Gasteiger partial charge >= 0.3 is 5.97 Å². The maximum absolute atomic E-state index is 12.2. The number of carbonyl (C=O) groups is 1. The van der Waals surface area contributed by atoms with Crippen molar-refractivity contribution in [3.05, 3.63) is 35.0 Å². The summed E-state index contributed by atoms with van der Waals surface area (Å²) in [4.78, 5) is 14.6. The summed E-state index contributed by atoms with van der Waals surface area (Å²) in [7, 11) is 0. The maximum Gasteiger partial charge on any atom is 0.306 e. The second-order valence-corrected chi connectivity index (χ2v) is 8.95. The van der Waals surface area contributed by atoms with Gasteiger partial charge in [0, 0.05) is 36.1 Å². The molecule has 0 saturated carbocycles. The Morgan fingerprint density at radius 1 is 1.37 bits per heavy atom. The first-order valence-electron chi connectivity index (χ1n) is 11.1. The molecule has 6 nitrogen and oxygen atoms in total. The van der Waals surface area contributed by atoms with E-state index in [0.29, 0.717) is 12.0 Å². The number of rotatable bonds is 6. The number of likely N-dealkylation sites (N-methyl/N-ethyl adjacent to an activating group) is 1. The molecule has 0 radical (unpaired) electrons. The van der Waals surface area contributed by atoms with E-state index in [4.69, 9.17) is 4.74 Å². The molecule has 1 aliphatic carbocycles. The molecule has 3 atom stereocenters. The first-order chi connectivity index (χ1) is 14.4. The Bertz CT molecular complexity index is 988. The van der Waals surface area contributed by atoms with Gasteiger partial charge in [0.1, 0.15) is 0 Å². The summed E-state index contributed by atoms with van der Waals surface area (Å²) in [5.74, 6) is 0.0792. The Morgan fingerprint density at radius 2 is 2.17 bits per heavy atom. The van der Waals surface area contributed by atoms with Crippen LogP contribution in [0.2, 0.25) is 0 Å². The van der Waals surface area contributed by atoms with Crippen molar-refractivity contribution >= 4 is 16.9 Å². The molecule has 1 aliphatic heterocycles. The highest BCUT2D eigenvalue weighted by Crippen LogP contribution is 2.38. The first kappa shape index (κ1) is 20.9. The summed E-state index contributed by atoms with van der Waals surface area (Å²) in [6, 6.07) is 8.22. The predicted molar refractivity (Wildman–Crippen MR) is 115 cm³/mol. The van der Waals surface area contributed by atoms with Gasteiger partial charge in [0.15, 0.2) is 0 Å². The fourth-order valence-corrected chi connectivity index (χ4v) is 5.26. The minimum absolute atomic E-state index is 0.0929. The van der Waals surface area contributed by atoms with Gasteiger partial charge in [-0.25, -0.2) is 0 Å². The van der Waals surface area contributed by atoms with Gasteiger partial charge in [0.2, 0.25) is 0 Å². The van der Waals surface area contributed by atoms with E-state index in [2.05, 4.69) is 22.5 Å². The summed E-state index contributed by atoms with van der Waals surface area (Å²) in [5, 5.41) is 21.1. The number of likely N-dealkylation sites (tertiary alicyclic amines) is 1. The number of nitriles is 1. The molecule has 0 unspecified atom stereocenters.